The Hall–Kier alpha value is -3.02. The second-order valence-electron chi connectivity index (χ2n) is 5.34. The second-order valence-corrected chi connectivity index (χ2v) is 5.34. The molecule has 0 aliphatic carbocycles. The molecule has 23 heavy (non-hydrogen) atoms. The molecule has 0 radical (unpaired) electrons. The summed E-state index contributed by atoms with van der Waals surface area (Å²) in [7, 11) is 0. The van der Waals surface area contributed by atoms with E-state index in [9.17, 15) is 19.7 Å². The van der Waals surface area contributed by atoms with E-state index in [1.54, 1.807) is 36.4 Å². The highest BCUT2D eigenvalue weighted by Gasteiger charge is 2.34. The molecule has 0 fully saturated rings. The Kier molecular flexibility index (Phi) is 3.89. The molecule has 1 aliphatic heterocycles. The van der Waals surface area contributed by atoms with Gasteiger partial charge in [-0.15, -0.1) is 0 Å². The highest BCUT2D eigenvalue weighted by Crippen LogP contribution is 2.23. The van der Waals surface area contributed by atoms with Gasteiger partial charge >= 0.3 is 0 Å². The van der Waals surface area contributed by atoms with Crippen LogP contribution < -0.4 is 0 Å². The van der Waals surface area contributed by atoms with Crippen LogP contribution in [0.15, 0.2) is 48.5 Å². The molecule has 2 aromatic rings. The van der Waals surface area contributed by atoms with Gasteiger partial charge in [-0.05, 0) is 30.5 Å². The molecule has 2 aromatic carbocycles. The molecule has 6 heteroatoms. The van der Waals surface area contributed by atoms with Gasteiger partial charge in [-0.3, -0.25) is 24.6 Å². The van der Waals surface area contributed by atoms with Gasteiger partial charge in [0.05, 0.1) is 16.1 Å². The normalized spacial score (nSPS) is 13.3. The molecule has 6 nitrogen and oxygen atoms in total. The highest BCUT2D eigenvalue weighted by molar-refractivity contribution is 6.21. The van der Waals surface area contributed by atoms with Crippen molar-refractivity contribution in [3.05, 3.63) is 75.3 Å². The number of nitro groups is 1. The molecule has 1 heterocycles. The van der Waals surface area contributed by atoms with E-state index in [1.807, 2.05) is 0 Å². The second kappa shape index (κ2) is 6.00. The molecule has 0 saturated carbocycles. The lowest BCUT2D eigenvalue weighted by atomic mass is 10.1. The van der Waals surface area contributed by atoms with Crippen molar-refractivity contribution in [2.75, 3.05) is 6.54 Å². The van der Waals surface area contributed by atoms with Crippen LogP contribution in [0.2, 0.25) is 0 Å². The zero-order valence-corrected chi connectivity index (χ0v) is 12.3. The molecule has 2 amide bonds. The third-order valence-electron chi connectivity index (χ3n) is 3.85. The molecule has 1 aliphatic rings. The molecule has 0 spiro atoms. The molecular formula is C17H14N2O4. The number of carbonyl (C=O) groups is 2. The maximum Gasteiger partial charge on any atom is 0.269 e. The summed E-state index contributed by atoms with van der Waals surface area (Å²) < 4.78 is 0. The van der Waals surface area contributed by atoms with E-state index < -0.39 is 4.92 Å². The largest absolute Gasteiger partial charge is 0.274 e. The summed E-state index contributed by atoms with van der Waals surface area (Å²) in [6.07, 6.45) is 1.13. The van der Waals surface area contributed by atoms with Gasteiger partial charge in [-0.1, -0.05) is 24.3 Å². The maximum absolute atomic E-state index is 12.2. The van der Waals surface area contributed by atoms with Crippen LogP contribution in [-0.2, 0) is 6.42 Å². The SMILES string of the molecule is O=C1c2ccccc2C(=O)N1CCCc1cccc([N+](=O)[O-])c1. The van der Waals surface area contributed by atoms with Gasteiger partial charge in [0.2, 0.25) is 0 Å². The average molecular weight is 310 g/mol. The molecule has 0 aromatic heterocycles. The van der Waals surface area contributed by atoms with E-state index in [0.29, 0.717) is 30.5 Å². The van der Waals surface area contributed by atoms with E-state index >= 15 is 0 Å². The van der Waals surface area contributed by atoms with Crippen molar-refractivity contribution >= 4 is 17.5 Å². The van der Waals surface area contributed by atoms with Gasteiger partial charge < -0.3 is 0 Å². The van der Waals surface area contributed by atoms with Crippen molar-refractivity contribution in [1.82, 2.24) is 4.90 Å². The van der Waals surface area contributed by atoms with Crippen molar-refractivity contribution in [2.45, 2.75) is 12.8 Å². The Morgan fingerprint density at radius 1 is 0.957 bits per heavy atom. The smallest absolute Gasteiger partial charge is 0.269 e. The zero-order chi connectivity index (χ0) is 16.4. The van der Waals surface area contributed by atoms with Gasteiger partial charge in [0, 0.05) is 18.7 Å². The lowest BCUT2D eigenvalue weighted by molar-refractivity contribution is -0.384. The van der Waals surface area contributed by atoms with E-state index in [0.717, 1.165) is 5.56 Å². The Morgan fingerprint density at radius 3 is 2.22 bits per heavy atom. The van der Waals surface area contributed by atoms with E-state index in [1.165, 1.54) is 17.0 Å². The number of carbonyl (C=O) groups excluding carboxylic acids is 2. The number of amides is 2. The predicted molar refractivity (Wildman–Crippen MR) is 83.2 cm³/mol. The minimum Gasteiger partial charge on any atom is -0.274 e. The Labute approximate surface area is 132 Å². The number of benzene rings is 2. The number of hydrogen-bond acceptors (Lipinski definition) is 4. The van der Waals surface area contributed by atoms with Crippen molar-refractivity contribution in [3.8, 4) is 0 Å². The average Bonchev–Trinajstić information content (AvgIpc) is 2.80. The standard InChI is InChI=1S/C17H14N2O4/c20-16-14-8-1-2-9-15(14)17(21)18(16)10-4-6-12-5-3-7-13(11-12)19(22)23/h1-3,5,7-9,11H,4,6,10H2. The van der Waals surface area contributed by atoms with Crippen LogP contribution in [0.25, 0.3) is 0 Å². The quantitative estimate of drug-likeness (QED) is 0.483. The fourth-order valence-corrected chi connectivity index (χ4v) is 2.71. The number of non-ortho nitro benzene ring substituents is 1. The predicted octanol–water partition coefficient (Wildman–Crippen LogP) is 2.82. The lowest BCUT2D eigenvalue weighted by Crippen LogP contribution is -2.30. The molecule has 0 atom stereocenters. The number of hydrogen-bond donors (Lipinski definition) is 0. The van der Waals surface area contributed by atoms with Crippen LogP contribution in [0.3, 0.4) is 0 Å². The first-order chi connectivity index (χ1) is 11.1. The topological polar surface area (TPSA) is 80.5 Å². The van der Waals surface area contributed by atoms with Gasteiger partial charge in [-0.2, -0.15) is 0 Å². The fourth-order valence-electron chi connectivity index (χ4n) is 2.71. The first-order valence-electron chi connectivity index (χ1n) is 7.26. The maximum atomic E-state index is 12.2. The van der Waals surface area contributed by atoms with Gasteiger partial charge in [0.25, 0.3) is 17.5 Å². The summed E-state index contributed by atoms with van der Waals surface area (Å²) >= 11 is 0. The number of nitrogens with zero attached hydrogens (tertiary/aromatic N) is 2. The molecule has 116 valence electrons. The first kappa shape index (κ1) is 14.9. The molecule has 0 unspecified atom stereocenters. The molecular weight excluding hydrogens is 296 g/mol. The Bertz CT molecular complexity index is 766. The first-order valence-corrected chi connectivity index (χ1v) is 7.26. The van der Waals surface area contributed by atoms with E-state index in [4.69, 9.17) is 0 Å². The number of aryl methyl sites for hydroxylation is 1. The van der Waals surface area contributed by atoms with Crippen LogP contribution in [0.1, 0.15) is 32.7 Å². The van der Waals surface area contributed by atoms with Gasteiger partial charge in [-0.25, -0.2) is 0 Å². The van der Waals surface area contributed by atoms with Gasteiger partial charge in [0.15, 0.2) is 0 Å². The van der Waals surface area contributed by atoms with Crippen molar-refractivity contribution in [1.29, 1.82) is 0 Å². The van der Waals surface area contributed by atoms with Crippen LogP contribution >= 0.6 is 0 Å². The fraction of sp³-hybridized carbons (Fsp3) is 0.176. The summed E-state index contributed by atoms with van der Waals surface area (Å²) in [6.45, 7) is 0.301. The summed E-state index contributed by atoms with van der Waals surface area (Å²) in [5.74, 6) is -0.547. The summed E-state index contributed by atoms with van der Waals surface area (Å²) in [5.41, 5.74) is 1.74. The molecule has 0 saturated heterocycles. The minimum atomic E-state index is -0.437. The summed E-state index contributed by atoms with van der Waals surface area (Å²) in [4.78, 5) is 36.0. The molecule has 0 bridgehead atoms. The molecule has 3 rings (SSSR count). The Balaban J connectivity index is 1.64. The van der Waals surface area contributed by atoms with Gasteiger partial charge in [0.1, 0.15) is 0 Å². The van der Waals surface area contributed by atoms with Crippen LogP contribution in [0.5, 0.6) is 0 Å². The summed E-state index contributed by atoms with van der Waals surface area (Å²) in [6, 6.07) is 13.2. The number of imide groups is 1. The third-order valence-corrected chi connectivity index (χ3v) is 3.85. The third kappa shape index (κ3) is 2.83. The van der Waals surface area contributed by atoms with Crippen molar-refractivity contribution < 1.29 is 14.5 Å². The van der Waals surface area contributed by atoms with Crippen LogP contribution in [-0.4, -0.2) is 28.2 Å². The van der Waals surface area contributed by atoms with Crippen LogP contribution in [0, 0.1) is 10.1 Å². The van der Waals surface area contributed by atoms with E-state index in [-0.39, 0.29) is 17.5 Å². The van der Waals surface area contributed by atoms with Crippen molar-refractivity contribution in [3.63, 3.8) is 0 Å². The van der Waals surface area contributed by atoms with Crippen LogP contribution in [0.4, 0.5) is 5.69 Å². The zero-order valence-electron chi connectivity index (χ0n) is 12.3. The van der Waals surface area contributed by atoms with Crippen molar-refractivity contribution in [2.24, 2.45) is 0 Å². The lowest BCUT2D eigenvalue weighted by Gasteiger charge is -2.13. The minimum absolute atomic E-state index is 0.0447. The summed E-state index contributed by atoms with van der Waals surface area (Å²) in [5, 5.41) is 10.8. The number of fused-ring (bicyclic) bond motifs is 1. The number of rotatable bonds is 5. The Morgan fingerprint density at radius 2 is 1.61 bits per heavy atom. The highest BCUT2D eigenvalue weighted by atomic mass is 16.6. The number of nitro benzene ring substituents is 1. The van der Waals surface area contributed by atoms with E-state index in [2.05, 4.69) is 0 Å². The monoisotopic (exact) mass is 310 g/mol. The molecule has 0 N–H and O–H groups in total.